The van der Waals surface area contributed by atoms with Crippen molar-refractivity contribution in [2.45, 2.75) is 32.7 Å². The van der Waals surface area contributed by atoms with Crippen molar-refractivity contribution in [1.82, 2.24) is 10.3 Å². The van der Waals surface area contributed by atoms with Gasteiger partial charge in [0.25, 0.3) is 0 Å². The molecule has 0 spiro atoms. The Morgan fingerprint density at radius 2 is 2.00 bits per heavy atom. The molecule has 0 bridgehead atoms. The normalized spacial score (nSPS) is 12.5. The Kier molecular flexibility index (Phi) is 5.67. The van der Waals surface area contributed by atoms with E-state index in [0.29, 0.717) is 12.3 Å². The number of aliphatic imine (C=N–C) groups is 1. The van der Waals surface area contributed by atoms with Crippen molar-refractivity contribution >= 4 is 5.84 Å². The lowest BCUT2D eigenvalue weighted by atomic mass is 10.0. The number of hydrogen-bond donors (Lipinski definition) is 1. The molecule has 1 unspecified atom stereocenters. The van der Waals surface area contributed by atoms with Gasteiger partial charge in [-0.25, -0.2) is 0 Å². The number of nitrogens with one attached hydrogen (secondary N) is 1. The highest BCUT2D eigenvalue weighted by Crippen LogP contribution is 2.16. The minimum Gasteiger partial charge on any atom is -0.366 e. The number of pyridine rings is 1. The molecule has 0 amide bonds. The van der Waals surface area contributed by atoms with Crippen molar-refractivity contribution < 1.29 is 0 Å². The molecule has 22 heavy (non-hydrogen) atoms. The molecule has 1 aromatic carbocycles. The molecule has 1 heterocycles. The number of aromatic nitrogens is 1. The van der Waals surface area contributed by atoms with E-state index in [4.69, 9.17) is 5.26 Å². The fourth-order valence-electron chi connectivity index (χ4n) is 2.39. The van der Waals surface area contributed by atoms with E-state index in [1.165, 1.54) is 11.1 Å². The van der Waals surface area contributed by atoms with Crippen molar-refractivity contribution in [3.63, 3.8) is 0 Å². The van der Waals surface area contributed by atoms with E-state index in [9.17, 15) is 0 Å². The standard InChI is InChI=1S/C18H20N4/c1-3-17(15-8-10-20-11-9-15)22-18(21-13-19)12-16-7-5-4-6-14(16)2/h4-11,17H,3,12H2,1-2H3,(H,21,22). The van der Waals surface area contributed by atoms with Gasteiger partial charge in [-0.05, 0) is 42.2 Å². The summed E-state index contributed by atoms with van der Waals surface area (Å²) in [6.45, 7) is 4.18. The molecule has 0 aliphatic heterocycles. The lowest BCUT2D eigenvalue weighted by Gasteiger charge is -2.20. The van der Waals surface area contributed by atoms with E-state index in [1.54, 1.807) is 12.4 Å². The average Bonchev–Trinajstić information content (AvgIpc) is 2.55. The fourth-order valence-corrected chi connectivity index (χ4v) is 2.39. The van der Waals surface area contributed by atoms with Gasteiger partial charge in [0.05, 0.1) is 6.04 Å². The smallest absolute Gasteiger partial charge is 0.207 e. The molecule has 0 saturated carbocycles. The van der Waals surface area contributed by atoms with E-state index in [1.807, 2.05) is 30.5 Å². The summed E-state index contributed by atoms with van der Waals surface area (Å²) in [6, 6.07) is 12.2. The maximum atomic E-state index is 8.95. The Morgan fingerprint density at radius 3 is 2.64 bits per heavy atom. The third kappa shape index (κ3) is 4.16. The van der Waals surface area contributed by atoms with Crippen LogP contribution >= 0.6 is 0 Å². The molecular formula is C18H20N4. The van der Waals surface area contributed by atoms with Crippen LogP contribution in [0.2, 0.25) is 0 Å². The Labute approximate surface area is 131 Å². The lowest BCUT2D eigenvalue weighted by Crippen LogP contribution is -2.30. The van der Waals surface area contributed by atoms with Crippen molar-refractivity contribution in [3.8, 4) is 6.19 Å². The summed E-state index contributed by atoms with van der Waals surface area (Å²) >= 11 is 0. The molecule has 4 nitrogen and oxygen atoms in total. The van der Waals surface area contributed by atoms with Crippen LogP contribution in [0.4, 0.5) is 0 Å². The van der Waals surface area contributed by atoms with Gasteiger partial charge in [-0.1, -0.05) is 31.2 Å². The van der Waals surface area contributed by atoms with Crippen LogP contribution in [0, 0.1) is 18.4 Å². The Bertz CT molecular complexity index is 671. The van der Waals surface area contributed by atoms with Gasteiger partial charge >= 0.3 is 0 Å². The molecule has 0 saturated heterocycles. The molecule has 1 aromatic heterocycles. The Balaban J connectivity index is 2.17. The first-order valence-electron chi connectivity index (χ1n) is 7.41. The lowest BCUT2D eigenvalue weighted by molar-refractivity contribution is 0.619. The molecular weight excluding hydrogens is 272 g/mol. The van der Waals surface area contributed by atoms with Crippen LogP contribution in [-0.2, 0) is 6.42 Å². The Hall–Kier alpha value is -2.67. The third-order valence-corrected chi connectivity index (χ3v) is 3.66. The minimum absolute atomic E-state index is 0.124. The van der Waals surface area contributed by atoms with Gasteiger partial charge in [-0.2, -0.15) is 10.3 Å². The maximum absolute atomic E-state index is 8.95. The highest BCUT2D eigenvalue weighted by atomic mass is 15.0. The maximum Gasteiger partial charge on any atom is 0.207 e. The van der Waals surface area contributed by atoms with Gasteiger partial charge in [0, 0.05) is 18.8 Å². The van der Waals surface area contributed by atoms with Crippen molar-refractivity contribution in [1.29, 1.82) is 5.26 Å². The number of aryl methyl sites for hydroxylation is 1. The highest BCUT2D eigenvalue weighted by Gasteiger charge is 2.12. The van der Waals surface area contributed by atoms with Crippen LogP contribution < -0.4 is 5.32 Å². The van der Waals surface area contributed by atoms with Crippen LogP contribution in [0.15, 0.2) is 53.8 Å². The van der Waals surface area contributed by atoms with Crippen LogP contribution in [0.25, 0.3) is 0 Å². The predicted octanol–water partition coefficient (Wildman–Crippen LogP) is 3.55. The second kappa shape index (κ2) is 7.94. The van der Waals surface area contributed by atoms with E-state index in [2.05, 4.69) is 41.3 Å². The molecule has 2 rings (SSSR count). The molecule has 2 aromatic rings. The second-order valence-electron chi connectivity index (χ2n) is 5.15. The number of rotatable bonds is 5. The van der Waals surface area contributed by atoms with E-state index in [0.717, 1.165) is 12.0 Å². The molecule has 0 fully saturated rings. The van der Waals surface area contributed by atoms with Crippen molar-refractivity contribution in [2.75, 3.05) is 0 Å². The number of nitriles is 1. The Morgan fingerprint density at radius 1 is 1.27 bits per heavy atom. The summed E-state index contributed by atoms with van der Waals surface area (Å²) in [5.41, 5.74) is 3.52. The zero-order valence-corrected chi connectivity index (χ0v) is 13.0. The summed E-state index contributed by atoms with van der Waals surface area (Å²) in [5, 5.41) is 12.3. The zero-order valence-electron chi connectivity index (χ0n) is 13.0. The quantitative estimate of drug-likeness (QED) is 0.521. The molecule has 112 valence electrons. The number of benzene rings is 1. The molecule has 0 aliphatic rings. The van der Waals surface area contributed by atoms with Crippen LogP contribution in [0.5, 0.6) is 0 Å². The van der Waals surface area contributed by atoms with Gasteiger partial charge in [0.2, 0.25) is 6.19 Å². The van der Waals surface area contributed by atoms with E-state index >= 15 is 0 Å². The third-order valence-electron chi connectivity index (χ3n) is 3.66. The van der Waals surface area contributed by atoms with Crippen LogP contribution in [-0.4, -0.2) is 10.8 Å². The predicted molar refractivity (Wildman–Crippen MR) is 88.3 cm³/mol. The molecule has 0 aliphatic carbocycles. The van der Waals surface area contributed by atoms with Gasteiger partial charge in [0.1, 0.15) is 5.84 Å². The van der Waals surface area contributed by atoms with Gasteiger partial charge in [-0.3, -0.25) is 4.98 Å². The largest absolute Gasteiger partial charge is 0.366 e. The molecule has 1 atom stereocenters. The van der Waals surface area contributed by atoms with Crippen LogP contribution in [0.3, 0.4) is 0 Å². The first kappa shape index (κ1) is 15.7. The van der Waals surface area contributed by atoms with Crippen molar-refractivity contribution in [3.05, 3.63) is 65.5 Å². The summed E-state index contributed by atoms with van der Waals surface area (Å²) < 4.78 is 0. The summed E-state index contributed by atoms with van der Waals surface area (Å²) in [6.07, 6.45) is 6.99. The first-order valence-corrected chi connectivity index (χ1v) is 7.41. The van der Waals surface area contributed by atoms with Crippen molar-refractivity contribution in [2.24, 2.45) is 4.99 Å². The summed E-state index contributed by atoms with van der Waals surface area (Å²) in [5.74, 6) is 0.695. The summed E-state index contributed by atoms with van der Waals surface area (Å²) in [4.78, 5) is 8.02. The van der Waals surface area contributed by atoms with Gasteiger partial charge < -0.3 is 5.32 Å². The SMILES string of the molecule is CCC(N/C(Cc1ccccc1C)=N/C#N)c1ccncc1. The molecule has 1 N–H and O–H groups in total. The van der Waals surface area contributed by atoms with E-state index in [-0.39, 0.29) is 6.04 Å². The molecule has 4 heteroatoms. The van der Waals surface area contributed by atoms with E-state index < -0.39 is 0 Å². The average molecular weight is 292 g/mol. The summed E-state index contributed by atoms with van der Waals surface area (Å²) in [7, 11) is 0. The second-order valence-corrected chi connectivity index (χ2v) is 5.15. The topological polar surface area (TPSA) is 61.1 Å². The first-order chi connectivity index (χ1) is 10.7. The minimum atomic E-state index is 0.124. The monoisotopic (exact) mass is 292 g/mol. The van der Waals surface area contributed by atoms with Gasteiger partial charge in [0.15, 0.2) is 0 Å². The zero-order chi connectivity index (χ0) is 15.8. The number of nitrogens with zero attached hydrogens (tertiary/aromatic N) is 3. The number of hydrogen-bond acceptors (Lipinski definition) is 3. The van der Waals surface area contributed by atoms with Crippen LogP contribution in [0.1, 0.15) is 36.1 Å². The number of amidine groups is 1. The fraction of sp³-hybridized carbons (Fsp3) is 0.278. The molecule has 0 radical (unpaired) electrons. The van der Waals surface area contributed by atoms with Gasteiger partial charge in [-0.15, -0.1) is 0 Å². The highest BCUT2D eigenvalue weighted by molar-refractivity contribution is 5.85.